The third kappa shape index (κ3) is 3.29. The van der Waals surface area contributed by atoms with Crippen molar-refractivity contribution in [1.29, 1.82) is 0 Å². The van der Waals surface area contributed by atoms with Gasteiger partial charge in [0.2, 0.25) is 0 Å². The fraction of sp³-hybridized carbons (Fsp3) is 0.417. The molecule has 0 saturated carbocycles. The summed E-state index contributed by atoms with van der Waals surface area (Å²) in [4.78, 5) is 3.45. The van der Waals surface area contributed by atoms with Gasteiger partial charge in [-0.15, -0.1) is 0 Å². The van der Waals surface area contributed by atoms with E-state index in [1.54, 1.807) is 0 Å². The Bertz CT molecular complexity index is 324. The van der Waals surface area contributed by atoms with Crippen LogP contribution in [0, 0.1) is 0 Å². The molecule has 0 atom stereocenters. The lowest BCUT2D eigenvalue weighted by molar-refractivity contribution is 0.286. The van der Waals surface area contributed by atoms with E-state index in [0.29, 0.717) is 0 Å². The van der Waals surface area contributed by atoms with Gasteiger partial charge < -0.3 is 5.32 Å². The largest absolute Gasteiger partial charge is 0.378 e. The molecule has 0 amide bonds. The summed E-state index contributed by atoms with van der Waals surface area (Å²) in [7, 11) is 0. The van der Waals surface area contributed by atoms with Crippen LogP contribution in [0.3, 0.4) is 0 Å². The normalized spacial score (nSPS) is 18.3. The van der Waals surface area contributed by atoms with Gasteiger partial charge in [-0.05, 0) is 5.56 Å². The number of rotatable bonds is 2. The molecule has 2 rings (SSSR count). The Balaban J connectivity index is 1.92. The van der Waals surface area contributed by atoms with E-state index >= 15 is 0 Å². The third-order valence-electron chi connectivity index (χ3n) is 2.65. The summed E-state index contributed by atoms with van der Waals surface area (Å²) in [5.74, 6) is 0. The maximum absolute atomic E-state index is 5.17. The Morgan fingerprint density at radius 1 is 1.20 bits per heavy atom. The predicted octanol–water partition coefficient (Wildman–Crippen LogP) is 1.81. The minimum Gasteiger partial charge on any atom is -0.378 e. The van der Waals surface area contributed by atoms with E-state index in [1.807, 2.05) is 0 Å². The first-order valence-electron chi connectivity index (χ1n) is 5.37. The quantitative estimate of drug-likeness (QED) is 0.765. The predicted molar refractivity (Wildman–Crippen MR) is 66.9 cm³/mol. The van der Waals surface area contributed by atoms with Gasteiger partial charge in [-0.3, -0.25) is 4.90 Å². The second-order valence-corrected chi connectivity index (χ2v) is 4.35. The molecule has 1 aliphatic rings. The topological polar surface area (TPSA) is 15.3 Å². The molecule has 0 unspecified atom stereocenters. The van der Waals surface area contributed by atoms with Crippen LogP contribution in [0.2, 0.25) is 0 Å². The Kier molecular flexibility index (Phi) is 3.69. The molecule has 1 N–H and O–H groups in total. The lowest BCUT2D eigenvalue weighted by Crippen LogP contribution is -2.27. The lowest BCUT2D eigenvalue weighted by atomic mass is 10.2. The number of hydrogen-bond acceptors (Lipinski definition) is 2. The van der Waals surface area contributed by atoms with Crippen molar-refractivity contribution in [1.82, 2.24) is 10.2 Å². The molecular weight excluding hydrogens is 204 g/mol. The molecule has 15 heavy (non-hydrogen) atoms. The van der Waals surface area contributed by atoms with Crippen LogP contribution in [0.5, 0.6) is 0 Å². The van der Waals surface area contributed by atoms with Gasteiger partial charge in [0.1, 0.15) is 0 Å². The van der Waals surface area contributed by atoms with Crippen molar-refractivity contribution >= 4 is 17.2 Å². The van der Waals surface area contributed by atoms with Crippen LogP contribution in [-0.4, -0.2) is 29.5 Å². The van der Waals surface area contributed by atoms with Crippen LogP contribution < -0.4 is 5.32 Å². The number of nitrogens with zero attached hydrogens (tertiary/aromatic N) is 1. The van der Waals surface area contributed by atoms with E-state index in [-0.39, 0.29) is 0 Å². The van der Waals surface area contributed by atoms with Crippen molar-refractivity contribution in [3.8, 4) is 0 Å². The summed E-state index contributed by atoms with van der Waals surface area (Å²) in [5.41, 5.74) is 1.38. The summed E-state index contributed by atoms with van der Waals surface area (Å²) < 4.78 is 0. The van der Waals surface area contributed by atoms with E-state index in [9.17, 15) is 0 Å². The van der Waals surface area contributed by atoms with Crippen LogP contribution in [0.25, 0.3) is 0 Å². The van der Waals surface area contributed by atoms with Gasteiger partial charge in [0.15, 0.2) is 0 Å². The second kappa shape index (κ2) is 5.24. The van der Waals surface area contributed by atoms with Gasteiger partial charge in [0.05, 0.1) is 4.99 Å². The number of hydrogen-bond donors (Lipinski definition) is 1. The van der Waals surface area contributed by atoms with Crippen LogP contribution >= 0.6 is 12.2 Å². The van der Waals surface area contributed by atoms with Crippen molar-refractivity contribution < 1.29 is 0 Å². The zero-order valence-electron chi connectivity index (χ0n) is 8.78. The molecule has 1 aliphatic heterocycles. The molecule has 0 aliphatic carbocycles. The van der Waals surface area contributed by atoms with Crippen molar-refractivity contribution in [3.63, 3.8) is 0 Å². The van der Waals surface area contributed by atoms with Crippen molar-refractivity contribution in [2.24, 2.45) is 0 Å². The molecular formula is C12H16N2S. The molecule has 0 spiro atoms. The Hall–Kier alpha value is -0.930. The summed E-state index contributed by atoms with van der Waals surface area (Å²) in [6.45, 7) is 4.16. The van der Waals surface area contributed by atoms with Gasteiger partial charge >= 0.3 is 0 Å². The molecule has 1 heterocycles. The van der Waals surface area contributed by atoms with Gasteiger partial charge in [-0.25, -0.2) is 0 Å². The summed E-state index contributed by atoms with van der Waals surface area (Å²) in [5, 5.41) is 3.25. The highest BCUT2D eigenvalue weighted by molar-refractivity contribution is 7.80. The Labute approximate surface area is 96.3 Å². The molecule has 1 fully saturated rings. The maximum atomic E-state index is 5.17. The zero-order valence-corrected chi connectivity index (χ0v) is 9.59. The molecule has 1 saturated heterocycles. The average Bonchev–Trinajstić information content (AvgIpc) is 2.46. The van der Waals surface area contributed by atoms with Crippen molar-refractivity contribution in [2.75, 3.05) is 19.6 Å². The standard InChI is InChI=1S/C12H16N2S/c15-12-6-8-14(9-7-13-12)10-11-4-2-1-3-5-11/h1-5H,6-10H2,(H,13,15). The number of benzene rings is 1. The average molecular weight is 220 g/mol. The van der Waals surface area contributed by atoms with Crippen LogP contribution in [0.15, 0.2) is 30.3 Å². The smallest absolute Gasteiger partial charge is 0.0766 e. The molecule has 3 heteroatoms. The summed E-state index contributed by atoms with van der Waals surface area (Å²) in [6, 6.07) is 10.6. The van der Waals surface area contributed by atoms with Gasteiger partial charge in [-0.1, -0.05) is 42.5 Å². The molecule has 0 aromatic heterocycles. The fourth-order valence-corrected chi connectivity index (χ4v) is 2.01. The van der Waals surface area contributed by atoms with Crippen LogP contribution in [0.4, 0.5) is 0 Å². The second-order valence-electron chi connectivity index (χ2n) is 3.86. The minimum atomic E-state index is 0.978. The Morgan fingerprint density at radius 2 is 2.00 bits per heavy atom. The number of thiocarbonyl (C=S) groups is 1. The molecule has 80 valence electrons. The molecule has 0 bridgehead atoms. The highest BCUT2D eigenvalue weighted by atomic mass is 32.1. The minimum absolute atomic E-state index is 0.978. The fourth-order valence-electron chi connectivity index (χ4n) is 1.81. The zero-order chi connectivity index (χ0) is 10.5. The van der Waals surface area contributed by atoms with Crippen molar-refractivity contribution in [2.45, 2.75) is 13.0 Å². The first-order valence-corrected chi connectivity index (χ1v) is 5.78. The SMILES string of the molecule is S=C1CCN(Cc2ccccc2)CCN1. The number of nitrogens with one attached hydrogen (secondary N) is 1. The Morgan fingerprint density at radius 3 is 2.80 bits per heavy atom. The highest BCUT2D eigenvalue weighted by Gasteiger charge is 2.10. The van der Waals surface area contributed by atoms with Gasteiger partial charge in [-0.2, -0.15) is 0 Å². The molecule has 0 radical (unpaired) electrons. The summed E-state index contributed by atoms with van der Waals surface area (Å²) in [6.07, 6.45) is 0.988. The van der Waals surface area contributed by atoms with E-state index in [2.05, 4.69) is 40.5 Å². The van der Waals surface area contributed by atoms with Crippen molar-refractivity contribution in [3.05, 3.63) is 35.9 Å². The molecule has 1 aromatic carbocycles. The summed E-state index contributed by atoms with van der Waals surface area (Å²) >= 11 is 5.17. The molecule has 2 nitrogen and oxygen atoms in total. The van der Waals surface area contributed by atoms with Gasteiger partial charge in [0.25, 0.3) is 0 Å². The van der Waals surface area contributed by atoms with E-state index in [4.69, 9.17) is 12.2 Å². The van der Waals surface area contributed by atoms with Crippen LogP contribution in [-0.2, 0) is 6.54 Å². The molecule has 1 aromatic rings. The lowest BCUT2D eigenvalue weighted by Gasteiger charge is -2.18. The first kappa shape index (κ1) is 10.6. The van der Waals surface area contributed by atoms with Gasteiger partial charge in [0, 0.05) is 32.6 Å². The van der Waals surface area contributed by atoms with E-state index in [0.717, 1.165) is 37.6 Å². The monoisotopic (exact) mass is 220 g/mol. The van der Waals surface area contributed by atoms with Crippen LogP contribution in [0.1, 0.15) is 12.0 Å². The third-order valence-corrected chi connectivity index (χ3v) is 3.00. The first-order chi connectivity index (χ1) is 7.34. The van der Waals surface area contributed by atoms with E-state index in [1.165, 1.54) is 5.56 Å². The highest BCUT2D eigenvalue weighted by Crippen LogP contribution is 2.06. The van der Waals surface area contributed by atoms with E-state index < -0.39 is 0 Å². The maximum Gasteiger partial charge on any atom is 0.0766 e.